The van der Waals surface area contributed by atoms with Gasteiger partial charge in [-0.2, -0.15) is 0 Å². The lowest BCUT2D eigenvalue weighted by atomic mass is 10.1. The summed E-state index contributed by atoms with van der Waals surface area (Å²) in [4.78, 5) is 34.4. The molecule has 1 aromatic heterocycles. The van der Waals surface area contributed by atoms with Crippen LogP contribution in [0.25, 0.3) is 0 Å². The summed E-state index contributed by atoms with van der Waals surface area (Å²) in [5.74, 6) is -1.02. The van der Waals surface area contributed by atoms with E-state index in [1.54, 1.807) is 6.92 Å². The van der Waals surface area contributed by atoms with Crippen molar-refractivity contribution in [2.24, 2.45) is 0 Å². The number of nitrogens with two attached hydrogens (primary N) is 1. The summed E-state index contributed by atoms with van der Waals surface area (Å²) in [6.07, 6.45) is 0. The molecule has 2 N–H and O–H groups in total. The van der Waals surface area contributed by atoms with Gasteiger partial charge in [-0.05, 0) is 19.1 Å². The van der Waals surface area contributed by atoms with Gasteiger partial charge in [-0.15, -0.1) is 11.3 Å². The number of hydrogen-bond acceptors (Lipinski definition) is 9. The molecular formula is C16H16N2O7S. The molecule has 26 heavy (non-hydrogen) atoms. The molecule has 0 aliphatic heterocycles. The van der Waals surface area contributed by atoms with Crippen LogP contribution in [0.3, 0.4) is 0 Å². The number of nitro groups is 1. The standard InChI is InChI=1S/C16H16N2O7S/c1-8-6-9(4-5-11(8)18(21)22)25-7-10-12(15(19)23-2)14(17)26-13(10)16(20)24-3/h4-6H,7,17H2,1-3H3. The van der Waals surface area contributed by atoms with Crippen LogP contribution < -0.4 is 10.5 Å². The molecule has 2 rings (SSSR count). The maximum atomic E-state index is 12.0. The van der Waals surface area contributed by atoms with E-state index in [1.165, 1.54) is 32.4 Å². The molecular weight excluding hydrogens is 364 g/mol. The van der Waals surface area contributed by atoms with Gasteiger partial charge in [0.15, 0.2) is 0 Å². The van der Waals surface area contributed by atoms with Crippen molar-refractivity contribution in [2.45, 2.75) is 13.5 Å². The molecule has 1 heterocycles. The predicted octanol–water partition coefficient (Wildman–Crippen LogP) is 2.70. The van der Waals surface area contributed by atoms with E-state index in [2.05, 4.69) is 0 Å². The highest BCUT2D eigenvalue weighted by molar-refractivity contribution is 7.18. The Morgan fingerprint density at radius 3 is 2.42 bits per heavy atom. The minimum atomic E-state index is -0.701. The van der Waals surface area contributed by atoms with E-state index >= 15 is 0 Å². The second-order valence-electron chi connectivity index (χ2n) is 5.13. The number of nitrogen functional groups attached to an aromatic ring is 1. The molecule has 10 heteroatoms. The smallest absolute Gasteiger partial charge is 0.348 e. The van der Waals surface area contributed by atoms with Crippen LogP contribution in [0.1, 0.15) is 31.2 Å². The first-order chi connectivity index (χ1) is 12.3. The topological polar surface area (TPSA) is 131 Å². The van der Waals surface area contributed by atoms with Gasteiger partial charge >= 0.3 is 11.9 Å². The number of methoxy groups -OCH3 is 2. The predicted molar refractivity (Wildman–Crippen MR) is 93.6 cm³/mol. The minimum absolute atomic E-state index is 0.0385. The van der Waals surface area contributed by atoms with Crippen LogP contribution in [0.15, 0.2) is 18.2 Å². The summed E-state index contributed by atoms with van der Waals surface area (Å²) in [7, 11) is 2.40. The summed E-state index contributed by atoms with van der Waals surface area (Å²) in [6, 6.07) is 4.23. The van der Waals surface area contributed by atoms with Crippen molar-refractivity contribution in [2.75, 3.05) is 20.0 Å². The van der Waals surface area contributed by atoms with Crippen molar-refractivity contribution in [3.8, 4) is 5.75 Å². The Kier molecular flexibility index (Phi) is 5.78. The number of anilines is 1. The lowest BCUT2D eigenvalue weighted by Gasteiger charge is -2.09. The summed E-state index contributed by atoms with van der Waals surface area (Å²) in [5, 5.41) is 11.0. The van der Waals surface area contributed by atoms with Gasteiger partial charge in [0, 0.05) is 17.2 Å². The second-order valence-corrected chi connectivity index (χ2v) is 6.18. The number of rotatable bonds is 6. The van der Waals surface area contributed by atoms with Crippen LogP contribution in [0, 0.1) is 17.0 Å². The third-order valence-corrected chi connectivity index (χ3v) is 4.58. The number of esters is 2. The average Bonchev–Trinajstić information content (AvgIpc) is 2.94. The van der Waals surface area contributed by atoms with Gasteiger partial charge in [0.2, 0.25) is 0 Å². The fourth-order valence-electron chi connectivity index (χ4n) is 2.28. The molecule has 0 spiro atoms. The van der Waals surface area contributed by atoms with Gasteiger partial charge in [-0.3, -0.25) is 10.1 Å². The van der Waals surface area contributed by atoms with Crippen LogP contribution >= 0.6 is 11.3 Å². The van der Waals surface area contributed by atoms with Crippen molar-refractivity contribution in [1.82, 2.24) is 0 Å². The normalized spacial score (nSPS) is 10.3. The van der Waals surface area contributed by atoms with Crippen LogP contribution in [-0.4, -0.2) is 31.1 Å². The van der Waals surface area contributed by atoms with Crippen molar-refractivity contribution in [3.63, 3.8) is 0 Å². The van der Waals surface area contributed by atoms with Crippen molar-refractivity contribution < 1.29 is 28.7 Å². The number of nitrogens with zero attached hydrogens (tertiary/aromatic N) is 1. The lowest BCUT2D eigenvalue weighted by molar-refractivity contribution is -0.385. The maximum absolute atomic E-state index is 12.0. The summed E-state index contributed by atoms with van der Waals surface area (Å²) in [6.45, 7) is 1.41. The highest BCUT2D eigenvalue weighted by Crippen LogP contribution is 2.33. The van der Waals surface area contributed by atoms with Gasteiger partial charge in [-0.1, -0.05) is 0 Å². The number of benzene rings is 1. The summed E-state index contributed by atoms with van der Waals surface area (Å²) in [5.41, 5.74) is 6.49. The molecule has 1 aromatic carbocycles. The summed E-state index contributed by atoms with van der Waals surface area (Å²) >= 11 is 0.895. The van der Waals surface area contributed by atoms with Crippen molar-refractivity contribution in [1.29, 1.82) is 0 Å². The number of ether oxygens (including phenoxy) is 3. The maximum Gasteiger partial charge on any atom is 0.348 e. The molecule has 0 saturated carbocycles. The van der Waals surface area contributed by atoms with Crippen LogP contribution in [-0.2, 0) is 16.1 Å². The minimum Gasteiger partial charge on any atom is -0.489 e. The van der Waals surface area contributed by atoms with Gasteiger partial charge < -0.3 is 19.9 Å². The third-order valence-electron chi connectivity index (χ3n) is 3.54. The Labute approximate surface area is 152 Å². The molecule has 0 bridgehead atoms. The first kappa shape index (κ1) is 19.2. The highest BCUT2D eigenvalue weighted by atomic mass is 32.1. The number of thiophene rings is 1. The number of aryl methyl sites for hydroxylation is 1. The Morgan fingerprint density at radius 2 is 1.88 bits per heavy atom. The molecule has 0 aliphatic rings. The van der Waals surface area contributed by atoms with Gasteiger partial charge in [0.05, 0.1) is 19.1 Å². The SMILES string of the molecule is COC(=O)c1sc(N)c(C(=O)OC)c1COc1ccc([N+](=O)[O-])c(C)c1. The Bertz CT molecular complexity index is 876. The highest BCUT2D eigenvalue weighted by Gasteiger charge is 2.27. The fraction of sp³-hybridized carbons (Fsp3) is 0.250. The number of carbonyl (C=O) groups is 2. The van der Waals surface area contributed by atoms with E-state index < -0.39 is 16.9 Å². The molecule has 138 valence electrons. The number of carbonyl (C=O) groups excluding carboxylic acids is 2. The van der Waals surface area contributed by atoms with Gasteiger partial charge in [0.1, 0.15) is 27.8 Å². The molecule has 0 fully saturated rings. The first-order valence-electron chi connectivity index (χ1n) is 7.25. The largest absolute Gasteiger partial charge is 0.489 e. The first-order valence-corrected chi connectivity index (χ1v) is 8.07. The molecule has 0 unspecified atom stereocenters. The fourth-order valence-corrected chi connectivity index (χ4v) is 3.26. The summed E-state index contributed by atoms with van der Waals surface area (Å²) < 4.78 is 15.0. The monoisotopic (exact) mass is 380 g/mol. The van der Waals surface area contributed by atoms with E-state index in [4.69, 9.17) is 19.9 Å². The van der Waals surface area contributed by atoms with Gasteiger partial charge in [0.25, 0.3) is 5.69 Å². The third kappa shape index (κ3) is 3.75. The zero-order valence-electron chi connectivity index (χ0n) is 14.2. The van der Waals surface area contributed by atoms with Crippen LogP contribution in [0.2, 0.25) is 0 Å². The van der Waals surface area contributed by atoms with Crippen LogP contribution in [0.4, 0.5) is 10.7 Å². The quantitative estimate of drug-likeness (QED) is 0.460. The molecule has 9 nitrogen and oxygen atoms in total. The second kappa shape index (κ2) is 7.83. The molecule has 2 aromatic rings. The number of hydrogen-bond donors (Lipinski definition) is 1. The van der Waals surface area contributed by atoms with Crippen molar-refractivity contribution >= 4 is 34.0 Å². The zero-order chi connectivity index (χ0) is 19.4. The lowest BCUT2D eigenvalue weighted by Crippen LogP contribution is -2.11. The van der Waals surface area contributed by atoms with E-state index in [-0.39, 0.29) is 33.3 Å². The van der Waals surface area contributed by atoms with E-state index in [1.807, 2.05) is 0 Å². The van der Waals surface area contributed by atoms with E-state index in [9.17, 15) is 19.7 Å². The zero-order valence-corrected chi connectivity index (χ0v) is 15.0. The van der Waals surface area contributed by atoms with Crippen LogP contribution in [0.5, 0.6) is 5.75 Å². The average molecular weight is 380 g/mol. The molecule has 0 radical (unpaired) electrons. The molecule has 0 saturated heterocycles. The molecule has 0 atom stereocenters. The van der Waals surface area contributed by atoms with Gasteiger partial charge in [-0.25, -0.2) is 9.59 Å². The van der Waals surface area contributed by atoms with E-state index in [0.717, 1.165) is 11.3 Å². The Balaban J connectivity index is 2.36. The number of nitro benzene ring substituents is 1. The Morgan fingerprint density at radius 1 is 1.23 bits per heavy atom. The molecule has 0 amide bonds. The van der Waals surface area contributed by atoms with E-state index in [0.29, 0.717) is 11.3 Å². The Hall–Kier alpha value is -3.14. The van der Waals surface area contributed by atoms with Crippen molar-refractivity contribution in [3.05, 3.63) is 49.9 Å². The molecule has 0 aliphatic carbocycles.